The molecule has 4 atom stereocenters. The summed E-state index contributed by atoms with van der Waals surface area (Å²) in [4.78, 5) is 82.3. The molecule has 0 bridgehead atoms. The van der Waals surface area contributed by atoms with E-state index in [0.29, 0.717) is 5.75 Å². The third-order valence-electron chi connectivity index (χ3n) is 4.86. The topological polar surface area (TPSA) is 274 Å². The van der Waals surface area contributed by atoms with Gasteiger partial charge >= 0.3 is 11.9 Å². The largest absolute Gasteiger partial charge is 0.481 e. The normalized spacial score (nSPS) is 13.9. The van der Waals surface area contributed by atoms with Gasteiger partial charge in [-0.1, -0.05) is 0 Å². The lowest BCUT2D eigenvalue weighted by atomic mass is 10.1. The Kier molecular flexibility index (Phi) is 15.5. The second-order valence-electron chi connectivity index (χ2n) is 7.85. The molecule has 0 aliphatic rings. The van der Waals surface area contributed by atoms with Crippen LogP contribution in [0.1, 0.15) is 44.9 Å². The Labute approximate surface area is 211 Å². The highest BCUT2D eigenvalue weighted by Crippen LogP contribution is 2.07. The monoisotopic (exact) mass is 534 g/mol. The summed E-state index contributed by atoms with van der Waals surface area (Å²) < 4.78 is 0. The highest BCUT2D eigenvalue weighted by Gasteiger charge is 2.30. The number of carboxylic acid groups (broad SMARTS) is 2. The number of carbonyl (C=O) groups excluding carboxylic acids is 5. The Morgan fingerprint density at radius 3 is 1.61 bits per heavy atom. The molecule has 0 aromatic heterocycles. The lowest BCUT2D eigenvalue weighted by Crippen LogP contribution is -2.57. The van der Waals surface area contributed by atoms with Crippen LogP contribution < -0.4 is 33.2 Å². The Morgan fingerprint density at radius 1 is 0.694 bits per heavy atom. The second kappa shape index (κ2) is 17.1. The van der Waals surface area contributed by atoms with Crippen LogP contribution in [0.15, 0.2) is 0 Å². The number of amides is 5. The molecule has 204 valence electrons. The zero-order valence-corrected chi connectivity index (χ0v) is 20.7. The van der Waals surface area contributed by atoms with Gasteiger partial charge in [0.05, 0.1) is 6.04 Å². The number of primary amides is 2. The van der Waals surface area contributed by atoms with Crippen molar-refractivity contribution < 1.29 is 43.8 Å². The van der Waals surface area contributed by atoms with Crippen molar-refractivity contribution >= 4 is 53.2 Å². The molecule has 5 amide bonds. The van der Waals surface area contributed by atoms with Crippen LogP contribution in [0.3, 0.4) is 0 Å². The number of aliphatic carboxylic acids is 2. The van der Waals surface area contributed by atoms with Gasteiger partial charge in [0.1, 0.15) is 18.1 Å². The zero-order valence-electron chi connectivity index (χ0n) is 19.9. The number of carbonyl (C=O) groups is 7. The van der Waals surface area contributed by atoms with E-state index in [4.69, 9.17) is 22.3 Å². The first-order chi connectivity index (χ1) is 16.8. The molecule has 4 unspecified atom stereocenters. The summed E-state index contributed by atoms with van der Waals surface area (Å²) in [6.07, 6.45) is 0.140. The number of rotatable bonds is 19. The molecule has 0 aliphatic carbocycles. The van der Waals surface area contributed by atoms with Crippen LogP contribution in [0, 0.1) is 0 Å². The number of thioether (sulfide) groups is 1. The number of hydrogen-bond donors (Lipinski definition) is 8. The van der Waals surface area contributed by atoms with E-state index >= 15 is 0 Å². The first-order valence-electron chi connectivity index (χ1n) is 10.9. The minimum atomic E-state index is -1.51. The minimum absolute atomic E-state index is 0.0520. The summed E-state index contributed by atoms with van der Waals surface area (Å²) in [5.74, 6) is -6.29. The van der Waals surface area contributed by atoms with Gasteiger partial charge in [-0.3, -0.25) is 28.8 Å². The molecule has 0 heterocycles. The molecule has 0 radical (unpaired) electrons. The summed E-state index contributed by atoms with van der Waals surface area (Å²) in [6, 6.07) is -5.25. The lowest BCUT2D eigenvalue weighted by Gasteiger charge is -2.25. The zero-order chi connectivity index (χ0) is 27.8. The van der Waals surface area contributed by atoms with Crippen molar-refractivity contribution in [1.82, 2.24) is 16.0 Å². The van der Waals surface area contributed by atoms with Crippen LogP contribution in [0.4, 0.5) is 0 Å². The Hall–Kier alpha value is -3.40. The maximum atomic E-state index is 12.9. The predicted octanol–water partition coefficient (Wildman–Crippen LogP) is -3.00. The minimum Gasteiger partial charge on any atom is -0.481 e. The maximum Gasteiger partial charge on any atom is 0.326 e. The molecule has 0 saturated carbocycles. The summed E-state index contributed by atoms with van der Waals surface area (Å²) in [5, 5.41) is 25.2. The third kappa shape index (κ3) is 14.1. The van der Waals surface area contributed by atoms with Gasteiger partial charge in [-0.2, -0.15) is 11.8 Å². The van der Waals surface area contributed by atoms with Gasteiger partial charge in [0, 0.05) is 19.3 Å². The summed E-state index contributed by atoms with van der Waals surface area (Å²) in [5.41, 5.74) is 15.8. The fourth-order valence-corrected chi connectivity index (χ4v) is 3.31. The fourth-order valence-electron chi connectivity index (χ4n) is 2.84. The molecule has 0 aliphatic heterocycles. The first-order valence-corrected chi connectivity index (χ1v) is 12.3. The van der Waals surface area contributed by atoms with Crippen molar-refractivity contribution in [2.45, 2.75) is 69.1 Å². The van der Waals surface area contributed by atoms with Crippen LogP contribution in [0.2, 0.25) is 0 Å². The molecule has 0 saturated heterocycles. The second-order valence-corrected chi connectivity index (χ2v) is 8.84. The molecule has 16 heteroatoms. The molecule has 11 N–H and O–H groups in total. The molecular formula is C20H34N6O9S. The van der Waals surface area contributed by atoms with Crippen molar-refractivity contribution in [2.75, 3.05) is 12.0 Å². The average Bonchev–Trinajstić information content (AvgIpc) is 2.79. The van der Waals surface area contributed by atoms with Crippen LogP contribution in [0.25, 0.3) is 0 Å². The quantitative estimate of drug-likeness (QED) is 0.0826. The van der Waals surface area contributed by atoms with Crippen molar-refractivity contribution in [1.29, 1.82) is 0 Å². The number of nitrogens with two attached hydrogens (primary N) is 3. The number of hydrogen-bond acceptors (Lipinski definition) is 9. The predicted molar refractivity (Wildman–Crippen MR) is 128 cm³/mol. The Bertz CT molecular complexity index is 825. The SMILES string of the molecule is CSCCC(NC(=O)C(N)CCC(N)=O)C(=O)NC(CCC(=O)O)C(=O)NC(CCC(N)=O)C(=O)O. The van der Waals surface area contributed by atoms with Gasteiger partial charge in [0.2, 0.25) is 29.5 Å². The van der Waals surface area contributed by atoms with Crippen molar-refractivity contribution in [3.8, 4) is 0 Å². The molecule has 0 aromatic carbocycles. The standard InChI is InChI=1S/C20H34N6O9S/c1-36-9-8-12(24-17(31)10(21)2-5-14(22)27)19(33)25-11(4-7-16(29)30)18(32)26-13(20(34)35)3-6-15(23)28/h10-13H,2-9,21H2,1H3,(H2,22,27)(H2,23,28)(H,24,31)(H,25,33)(H,26,32)(H,29,30)(H,34,35). The van der Waals surface area contributed by atoms with E-state index in [0.717, 1.165) is 0 Å². The number of nitrogens with one attached hydrogen (secondary N) is 3. The summed E-state index contributed by atoms with van der Waals surface area (Å²) in [7, 11) is 0. The maximum absolute atomic E-state index is 12.9. The van der Waals surface area contributed by atoms with Gasteiger partial charge in [-0.15, -0.1) is 0 Å². The van der Waals surface area contributed by atoms with Gasteiger partial charge in [-0.05, 0) is 37.7 Å². The van der Waals surface area contributed by atoms with Crippen LogP contribution in [-0.4, -0.2) is 87.9 Å². The molecule has 0 aromatic rings. The number of carboxylic acids is 2. The van der Waals surface area contributed by atoms with E-state index in [9.17, 15) is 38.7 Å². The van der Waals surface area contributed by atoms with E-state index in [2.05, 4.69) is 16.0 Å². The van der Waals surface area contributed by atoms with E-state index in [1.54, 1.807) is 6.26 Å². The van der Waals surface area contributed by atoms with Gasteiger partial charge < -0.3 is 43.4 Å². The molecule has 0 fully saturated rings. The van der Waals surface area contributed by atoms with Crippen LogP contribution in [-0.2, 0) is 33.6 Å². The molecule has 0 spiro atoms. The first kappa shape index (κ1) is 32.6. The highest BCUT2D eigenvalue weighted by molar-refractivity contribution is 7.98. The summed E-state index contributed by atoms with van der Waals surface area (Å²) in [6.45, 7) is 0. The third-order valence-corrected chi connectivity index (χ3v) is 5.50. The van der Waals surface area contributed by atoms with Crippen molar-refractivity contribution in [2.24, 2.45) is 17.2 Å². The van der Waals surface area contributed by atoms with E-state index in [-0.39, 0.29) is 38.5 Å². The van der Waals surface area contributed by atoms with E-state index in [1.807, 2.05) is 0 Å². The fraction of sp³-hybridized carbons (Fsp3) is 0.650. The average molecular weight is 535 g/mol. The van der Waals surface area contributed by atoms with Gasteiger partial charge in [0.25, 0.3) is 0 Å². The smallest absolute Gasteiger partial charge is 0.326 e. The van der Waals surface area contributed by atoms with E-state index < -0.39 is 72.1 Å². The van der Waals surface area contributed by atoms with E-state index in [1.165, 1.54) is 11.8 Å². The highest BCUT2D eigenvalue weighted by atomic mass is 32.2. The lowest BCUT2D eigenvalue weighted by molar-refractivity contribution is -0.143. The van der Waals surface area contributed by atoms with Crippen molar-refractivity contribution in [3.05, 3.63) is 0 Å². The Morgan fingerprint density at radius 2 is 1.14 bits per heavy atom. The van der Waals surface area contributed by atoms with Crippen molar-refractivity contribution in [3.63, 3.8) is 0 Å². The molecular weight excluding hydrogens is 500 g/mol. The van der Waals surface area contributed by atoms with Crippen LogP contribution >= 0.6 is 11.8 Å². The molecule has 36 heavy (non-hydrogen) atoms. The molecule has 0 rings (SSSR count). The Balaban J connectivity index is 5.53. The van der Waals surface area contributed by atoms with Gasteiger partial charge in [0.15, 0.2) is 0 Å². The van der Waals surface area contributed by atoms with Gasteiger partial charge in [-0.25, -0.2) is 4.79 Å². The summed E-state index contributed by atoms with van der Waals surface area (Å²) >= 11 is 1.37. The van der Waals surface area contributed by atoms with Crippen LogP contribution in [0.5, 0.6) is 0 Å². The molecule has 15 nitrogen and oxygen atoms in total.